The van der Waals surface area contributed by atoms with E-state index < -0.39 is 11.8 Å². The molecule has 19 heavy (non-hydrogen) atoms. The highest BCUT2D eigenvalue weighted by Gasteiger charge is 2.16. The van der Waals surface area contributed by atoms with Crippen LogP contribution in [0.3, 0.4) is 0 Å². The molecule has 0 aliphatic heterocycles. The van der Waals surface area contributed by atoms with E-state index >= 15 is 0 Å². The molecule has 3 rings (SSSR count). The number of nitrogens with zero attached hydrogens (tertiary/aromatic N) is 1. The first-order valence-electron chi connectivity index (χ1n) is 5.52. The molecule has 6 heteroatoms. The van der Waals surface area contributed by atoms with E-state index in [0.29, 0.717) is 11.3 Å². The van der Waals surface area contributed by atoms with Gasteiger partial charge in [-0.25, -0.2) is 14.2 Å². The minimum absolute atomic E-state index is 0.134. The molecule has 0 saturated carbocycles. The van der Waals surface area contributed by atoms with Crippen molar-refractivity contribution in [3.05, 3.63) is 39.8 Å². The summed E-state index contributed by atoms with van der Waals surface area (Å²) in [5, 5.41) is 13.0. The standard InChI is InChI=1S/C13H9FN2O2S/c1-6-4-19-5-9(6)12-15-10-3-7(14)2-8(13(17)18)11(10)16-12/h2-5H,1H3,(H,15,16)(H,17,18). The summed E-state index contributed by atoms with van der Waals surface area (Å²) in [6.07, 6.45) is 0. The summed E-state index contributed by atoms with van der Waals surface area (Å²) < 4.78 is 13.4. The second-order valence-electron chi connectivity index (χ2n) is 4.21. The molecule has 4 nitrogen and oxygen atoms in total. The van der Waals surface area contributed by atoms with E-state index in [2.05, 4.69) is 9.97 Å². The number of halogens is 1. The van der Waals surface area contributed by atoms with Gasteiger partial charge in [0.05, 0.1) is 11.1 Å². The molecule has 0 spiro atoms. The first-order valence-corrected chi connectivity index (χ1v) is 6.46. The molecule has 0 aliphatic rings. The Morgan fingerprint density at radius 2 is 2.21 bits per heavy atom. The maximum absolute atomic E-state index is 13.4. The van der Waals surface area contributed by atoms with Crippen LogP contribution in [0.25, 0.3) is 22.4 Å². The average molecular weight is 276 g/mol. The van der Waals surface area contributed by atoms with E-state index in [4.69, 9.17) is 5.11 Å². The number of carboxylic acids is 1. The highest BCUT2D eigenvalue weighted by molar-refractivity contribution is 7.08. The van der Waals surface area contributed by atoms with Crippen LogP contribution in [0.5, 0.6) is 0 Å². The fourth-order valence-corrected chi connectivity index (χ4v) is 2.81. The van der Waals surface area contributed by atoms with Gasteiger partial charge in [0.2, 0.25) is 0 Å². The van der Waals surface area contributed by atoms with Crippen molar-refractivity contribution in [3.63, 3.8) is 0 Å². The number of aryl methyl sites for hydroxylation is 1. The van der Waals surface area contributed by atoms with Gasteiger partial charge in [-0.2, -0.15) is 11.3 Å². The number of thiophene rings is 1. The third-order valence-corrected chi connectivity index (χ3v) is 3.75. The Morgan fingerprint density at radius 3 is 2.84 bits per heavy atom. The molecule has 0 amide bonds. The minimum atomic E-state index is -1.19. The molecular weight excluding hydrogens is 267 g/mol. The minimum Gasteiger partial charge on any atom is -0.478 e. The topological polar surface area (TPSA) is 66.0 Å². The van der Waals surface area contributed by atoms with Crippen molar-refractivity contribution in [2.45, 2.75) is 6.92 Å². The molecule has 1 aromatic carbocycles. The quantitative estimate of drug-likeness (QED) is 0.753. The molecule has 0 aliphatic carbocycles. The summed E-state index contributed by atoms with van der Waals surface area (Å²) >= 11 is 1.53. The molecule has 3 aromatic rings. The molecule has 2 aromatic heterocycles. The maximum atomic E-state index is 13.4. The summed E-state index contributed by atoms with van der Waals surface area (Å²) in [7, 11) is 0. The van der Waals surface area contributed by atoms with Gasteiger partial charge in [0.25, 0.3) is 0 Å². The number of aromatic nitrogens is 2. The molecule has 0 saturated heterocycles. The summed E-state index contributed by atoms with van der Waals surface area (Å²) in [5.74, 6) is -1.23. The van der Waals surface area contributed by atoms with Crippen LogP contribution in [-0.4, -0.2) is 21.0 Å². The smallest absolute Gasteiger partial charge is 0.338 e. The second kappa shape index (κ2) is 4.17. The molecule has 2 heterocycles. The Labute approximate surface area is 111 Å². The number of fused-ring (bicyclic) bond motifs is 1. The Balaban J connectivity index is 2.29. The predicted molar refractivity (Wildman–Crippen MR) is 71.1 cm³/mol. The number of carboxylic acid groups (broad SMARTS) is 1. The van der Waals surface area contributed by atoms with Crippen molar-refractivity contribution in [1.82, 2.24) is 9.97 Å². The monoisotopic (exact) mass is 276 g/mol. The number of nitrogens with one attached hydrogen (secondary N) is 1. The van der Waals surface area contributed by atoms with E-state index in [0.717, 1.165) is 17.2 Å². The summed E-state index contributed by atoms with van der Waals surface area (Å²) in [6, 6.07) is 2.23. The van der Waals surface area contributed by atoms with Gasteiger partial charge >= 0.3 is 5.97 Å². The Hall–Kier alpha value is -2.21. The van der Waals surface area contributed by atoms with Gasteiger partial charge in [-0.1, -0.05) is 0 Å². The fourth-order valence-electron chi connectivity index (χ4n) is 1.98. The Bertz CT molecular complexity index is 791. The van der Waals surface area contributed by atoms with Crippen LogP contribution in [-0.2, 0) is 0 Å². The van der Waals surface area contributed by atoms with Crippen LogP contribution in [0.1, 0.15) is 15.9 Å². The number of aromatic amines is 1. The summed E-state index contributed by atoms with van der Waals surface area (Å²) in [5.41, 5.74) is 2.47. The van der Waals surface area contributed by atoms with E-state index in [1.54, 1.807) is 0 Å². The predicted octanol–water partition coefficient (Wildman–Crippen LogP) is 3.44. The third kappa shape index (κ3) is 1.90. The van der Waals surface area contributed by atoms with Gasteiger partial charge in [0.1, 0.15) is 17.2 Å². The maximum Gasteiger partial charge on any atom is 0.338 e. The van der Waals surface area contributed by atoms with Gasteiger partial charge in [0.15, 0.2) is 0 Å². The lowest BCUT2D eigenvalue weighted by Crippen LogP contribution is -1.98. The second-order valence-corrected chi connectivity index (χ2v) is 4.95. The van der Waals surface area contributed by atoms with Crippen molar-refractivity contribution in [3.8, 4) is 11.4 Å². The highest BCUT2D eigenvalue weighted by atomic mass is 32.1. The third-order valence-electron chi connectivity index (χ3n) is 2.89. The largest absolute Gasteiger partial charge is 0.478 e. The number of H-pyrrole nitrogens is 1. The fraction of sp³-hybridized carbons (Fsp3) is 0.0769. The van der Waals surface area contributed by atoms with Crippen LogP contribution in [0.2, 0.25) is 0 Å². The first kappa shape index (κ1) is 11.9. The Morgan fingerprint density at radius 1 is 1.42 bits per heavy atom. The number of benzene rings is 1. The lowest BCUT2D eigenvalue weighted by molar-refractivity contribution is 0.0698. The lowest BCUT2D eigenvalue weighted by Gasteiger charge is -1.95. The van der Waals surface area contributed by atoms with Crippen LogP contribution in [0.15, 0.2) is 22.9 Å². The number of rotatable bonds is 2. The van der Waals surface area contributed by atoms with Crippen LogP contribution in [0, 0.1) is 12.7 Å². The normalized spacial score (nSPS) is 11.1. The molecule has 0 atom stereocenters. The molecule has 2 N–H and O–H groups in total. The number of carbonyl (C=O) groups is 1. The van der Waals surface area contributed by atoms with Crippen LogP contribution >= 0.6 is 11.3 Å². The SMILES string of the molecule is Cc1cscc1-c1nc2c(C(=O)O)cc(F)cc2[nH]1. The number of hydrogen-bond acceptors (Lipinski definition) is 3. The van der Waals surface area contributed by atoms with E-state index in [1.165, 1.54) is 17.4 Å². The zero-order valence-corrected chi connectivity index (χ0v) is 10.7. The van der Waals surface area contributed by atoms with Gasteiger partial charge in [-0.15, -0.1) is 0 Å². The molecule has 0 bridgehead atoms. The number of aromatic carboxylic acids is 1. The van der Waals surface area contributed by atoms with E-state index in [9.17, 15) is 9.18 Å². The average Bonchev–Trinajstić information content (AvgIpc) is 2.93. The molecule has 0 unspecified atom stereocenters. The van der Waals surface area contributed by atoms with Gasteiger partial charge in [-0.3, -0.25) is 0 Å². The molecule has 96 valence electrons. The van der Waals surface area contributed by atoms with Crippen molar-refractivity contribution in [2.75, 3.05) is 0 Å². The number of imidazole rings is 1. The molecule has 0 radical (unpaired) electrons. The van der Waals surface area contributed by atoms with Crippen molar-refractivity contribution < 1.29 is 14.3 Å². The van der Waals surface area contributed by atoms with E-state index in [1.807, 2.05) is 17.7 Å². The van der Waals surface area contributed by atoms with Gasteiger partial charge in [0, 0.05) is 10.9 Å². The lowest BCUT2D eigenvalue weighted by atomic mass is 10.2. The van der Waals surface area contributed by atoms with E-state index in [-0.39, 0.29) is 11.1 Å². The highest BCUT2D eigenvalue weighted by Crippen LogP contribution is 2.28. The van der Waals surface area contributed by atoms with Crippen LogP contribution in [0.4, 0.5) is 4.39 Å². The molecule has 0 fully saturated rings. The zero-order chi connectivity index (χ0) is 13.6. The van der Waals surface area contributed by atoms with Gasteiger partial charge < -0.3 is 10.1 Å². The van der Waals surface area contributed by atoms with Crippen LogP contribution < -0.4 is 0 Å². The first-order chi connectivity index (χ1) is 9.06. The van der Waals surface area contributed by atoms with Gasteiger partial charge in [-0.05, 0) is 30.0 Å². The Kier molecular flexibility index (Phi) is 2.60. The van der Waals surface area contributed by atoms with Crippen molar-refractivity contribution in [1.29, 1.82) is 0 Å². The molecular formula is C13H9FN2O2S. The number of hydrogen-bond donors (Lipinski definition) is 2. The summed E-state index contributed by atoms with van der Waals surface area (Å²) in [4.78, 5) is 18.4. The van der Waals surface area contributed by atoms with Crippen molar-refractivity contribution in [2.24, 2.45) is 0 Å². The zero-order valence-electron chi connectivity index (χ0n) is 9.90. The summed E-state index contributed by atoms with van der Waals surface area (Å²) in [6.45, 7) is 1.94. The van der Waals surface area contributed by atoms with Crippen molar-refractivity contribution >= 4 is 28.3 Å².